The number of aromatic nitrogens is 2. The van der Waals surface area contributed by atoms with Crippen molar-refractivity contribution >= 4 is 0 Å². The van der Waals surface area contributed by atoms with Crippen molar-refractivity contribution in [2.75, 3.05) is 0 Å². The fourth-order valence-electron chi connectivity index (χ4n) is 2.86. The number of hydrogen-bond donors (Lipinski definition) is 0. The monoisotopic (exact) mass is 270 g/mol. The average molecular weight is 270 g/mol. The molecule has 3 rings (SSSR count). The maximum Gasteiger partial charge on any atom is 0.132 e. The second-order valence-corrected chi connectivity index (χ2v) is 5.71. The van der Waals surface area contributed by atoms with Gasteiger partial charge in [-0.2, -0.15) is 5.10 Å². The van der Waals surface area contributed by atoms with E-state index in [2.05, 4.69) is 42.0 Å². The van der Waals surface area contributed by atoms with Crippen LogP contribution in [0.1, 0.15) is 48.5 Å². The second kappa shape index (κ2) is 5.70. The molecule has 0 atom stereocenters. The molecular weight excluding hydrogens is 248 g/mol. The lowest BCUT2D eigenvalue weighted by Gasteiger charge is -2.10. The Kier molecular flexibility index (Phi) is 3.77. The minimum absolute atomic E-state index is 0.546. The first-order valence-corrected chi connectivity index (χ1v) is 7.47. The third kappa shape index (κ3) is 2.72. The molecule has 1 fully saturated rings. The zero-order valence-corrected chi connectivity index (χ0v) is 12.3. The van der Waals surface area contributed by atoms with Crippen LogP contribution in [0, 0.1) is 13.8 Å². The minimum Gasteiger partial charge on any atom is -0.487 e. The van der Waals surface area contributed by atoms with Gasteiger partial charge in [0, 0.05) is 6.20 Å². The van der Waals surface area contributed by atoms with Crippen LogP contribution in [0.4, 0.5) is 0 Å². The standard InChI is InChI=1S/C17H22N2O/c1-13-6-5-9-17(14(13)2)20-12-15-10-11-19(18-15)16-7-3-4-8-16/h5-6,9-11,16H,3-4,7-8,12H2,1-2H3. The molecule has 2 aromatic rings. The fraction of sp³-hybridized carbons (Fsp3) is 0.471. The van der Waals surface area contributed by atoms with E-state index in [-0.39, 0.29) is 0 Å². The van der Waals surface area contributed by atoms with Crippen LogP contribution >= 0.6 is 0 Å². The Morgan fingerprint density at radius 1 is 1.20 bits per heavy atom. The van der Waals surface area contributed by atoms with Crippen molar-refractivity contribution in [2.45, 2.75) is 52.2 Å². The molecule has 1 aliphatic carbocycles. The molecule has 0 radical (unpaired) electrons. The summed E-state index contributed by atoms with van der Waals surface area (Å²) in [6, 6.07) is 8.84. The van der Waals surface area contributed by atoms with Crippen molar-refractivity contribution in [1.29, 1.82) is 0 Å². The van der Waals surface area contributed by atoms with Crippen molar-refractivity contribution in [3.05, 3.63) is 47.3 Å². The molecule has 106 valence electrons. The summed E-state index contributed by atoms with van der Waals surface area (Å²) in [5, 5.41) is 4.65. The highest BCUT2D eigenvalue weighted by Gasteiger charge is 2.17. The number of hydrogen-bond acceptors (Lipinski definition) is 2. The van der Waals surface area contributed by atoms with Gasteiger partial charge in [0.25, 0.3) is 0 Å². The van der Waals surface area contributed by atoms with Gasteiger partial charge in [-0.25, -0.2) is 0 Å². The Labute approximate surface area is 120 Å². The molecule has 0 aliphatic heterocycles. The fourth-order valence-corrected chi connectivity index (χ4v) is 2.86. The quantitative estimate of drug-likeness (QED) is 0.832. The van der Waals surface area contributed by atoms with Gasteiger partial charge in [-0.1, -0.05) is 25.0 Å². The van der Waals surface area contributed by atoms with E-state index in [0.29, 0.717) is 12.6 Å². The van der Waals surface area contributed by atoms with Crippen molar-refractivity contribution in [3.8, 4) is 5.75 Å². The van der Waals surface area contributed by atoms with Crippen LogP contribution in [0.5, 0.6) is 5.75 Å². The molecule has 0 amide bonds. The zero-order chi connectivity index (χ0) is 13.9. The minimum atomic E-state index is 0.546. The predicted molar refractivity (Wildman–Crippen MR) is 80.0 cm³/mol. The van der Waals surface area contributed by atoms with E-state index < -0.39 is 0 Å². The van der Waals surface area contributed by atoms with E-state index in [0.717, 1.165) is 11.4 Å². The summed E-state index contributed by atoms with van der Waals surface area (Å²) in [6.07, 6.45) is 7.29. The first kappa shape index (κ1) is 13.2. The van der Waals surface area contributed by atoms with Gasteiger partial charge in [0.05, 0.1) is 11.7 Å². The predicted octanol–water partition coefficient (Wildman–Crippen LogP) is 4.19. The number of benzene rings is 1. The van der Waals surface area contributed by atoms with Gasteiger partial charge >= 0.3 is 0 Å². The largest absolute Gasteiger partial charge is 0.487 e. The van der Waals surface area contributed by atoms with Gasteiger partial charge in [0.15, 0.2) is 0 Å². The van der Waals surface area contributed by atoms with E-state index >= 15 is 0 Å². The second-order valence-electron chi connectivity index (χ2n) is 5.71. The summed E-state index contributed by atoms with van der Waals surface area (Å²) >= 11 is 0. The third-order valence-electron chi connectivity index (χ3n) is 4.29. The van der Waals surface area contributed by atoms with Crippen LogP contribution in [0.15, 0.2) is 30.5 Å². The topological polar surface area (TPSA) is 27.1 Å². The highest BCUT2D eigenvalue weighted by atomic mass is 16.5. The maximum atomic E-state index is 5.90. The Bertz CT molecular complexity index is 582. The molecule has 0 bridgehead atoms. The normalized spacial score (nSPS) is 15.7. The van der Waals surface area contributed by atoms with Crippen LogP contribution in [0.25, 0.3) is 0 Å². The summed E-state index contributed by atoms with van der Waals surface area (Å²) in [5.41, 5.74) is 3.49. The number of ether oxygens (including phenoxy) is 1. The highest BCUT2D eigenvalue weighted by Crippen LogP contribution is 2.29. The molecule has 0 spiro atoms. The molecule has 1 saturated carbocycles. The summed E-state index contributed by atoms with van der Waals surface area (Å²) in [4.78, 5) is 0. The van der Waals surface area contributed by atoms with Gasteiger partial charge in [0.1, 0.15) is 12.4 Å². The van der Waals surface area contributed by atoms with E-state index in [9.17, 15) is 0 Å². The van der Waals surface area contributed by atoms with Gasteiger partial charge in [-0.15, -0.1) is 0 Å². The average Bonchev–Trinajstić information content (AvgIpc) is 3.10. The van der Waals surface area contributed by atoms with Crippen LogP contribution in [0.3, 0.4) is 0 Å². The molecule has 1 aliphatic rings. The van der Waals surface area contributed by atoms with Gasteiger partial charge in [-0.05, 0) is 49.9 Å². The highest BCUT2D eigenvalue weighted by molar-refractivity contribution is 5.38. The number of nitrogens with zero attached hydrogens (tertiary/aromatic N) is 2. The molecule has 1 aromatic heterocycles. The SMILES string of the molecule is Cc1cccc(OCc2ccn(C3CCCC3)n2)c1C. The van der Waals surface area contributed by atoms with Crippen molar-refractivity contribution < 1.29 is 4.74 Å². The van der Waals surface area contributed by atoms with Crippen molar-refractivity contribution in [2.24, 2.45) is 0 Å². The molecule has 1 aromatic carbocycles. The Balaban J connectivity index is 1.65. The summed E-state index contributed by atoms with van der Waals surface area (Å²) < 4.78 is 8.02. The molecule has 3 heteroatoms. The van der Waals surface area contributed by atoms with Gasteiger partial charge in [-0.3, -0.25) is 4.68 Å². The maximum absolute atomic E-state index is 5.90. The lowest BCUT2D eigenvalue weighted by molar-refractivity contribution is 0.295. The molecule has 0 unspecified atom stereocenters. The Hall–Kier alpha value is -1.77. The van der Waals surface area contributed by atoms with Gasteiger partial charge in [0.2, 0.25) is 0 Å². The molecule has 3 nitrogen and oxygen atoms in total. The summed E-state index contributed by atoms with van der Waals surface area (Å²) in [7, 11) is 0. The smallest absolute Gasteiger partial charge is 0.132 e. The van der Waals surface area contributed by atoms with E-state index in [1.807, 2.05) is 12.1 Å². The van der Waals surface area contributed by atoms with Gasteiger partial charge < -0.3 is 4.74 Å². The molecule has 1 heterocycles. The third-order valence-corrected chi connectivity index (χ3v) is 4.29. The summed E-state index contributed by atoms with van der Waals surface area (Å²) in [6.45, 7) is 4.75. The van der Waals surface area contributed by atoms with E-state index in [1.54, 1.807) is 0 Å². The number of aryl methyl sites for hydroxylation is 1. The Morgan fingerprint density at radius 3 is 2.80 bits per heavy atom. The molecule has 0 saturated heterocycles. The lowest BCUT2D eigenvalue weighted by Crippen LogP contribution is -2.06. The van der Waals surface area contributed by atoms with Crippen molar-refractivity contribution in [3.63, 3.8) is 0 Å². The van der Waals surface area contributed by atoms with Crippen LogP contribution in [-0.4, -0.2) is 9.78 Å². The van der Waals surface area contributed by atoms with Crippen LogP contribution in [0.2, 0.25) is 0 Å². The molecule has 0 N–H and O–H groups in total. The first-order valence-electron chi connectivity index (χ1n) is 7.47. The van der Waals surface area contributed by atoms with E-state index in [4.69, 9.17) is 4.74 Å². The van der Waals surface area contributed by atoms with Crippen LogP contribution < -0.4 is 4.74 Å². The van der Waals surface area contributed by atoms with Crippen molar-refractivity contribution in [1.82, 2.24) is 9.78 Å². The Morgan fingerprint density at radius 2 is 2.00 bits per heavy atom. The summed E-state index contributed by atoms with van der Waals surface area (Å²) in [5.74, 6) is 0.959. The number of rotatable bonds is 4. The molecular formula is C17H22N2O. The zero-order valence-electron chi connectivity index (χ0n) is 12.3. The van der Waals surface area contributed by atoms with Crippen LogP contribution in [-0.2, 0) is 6.61 Å². The molecule has 20 heavy (non-hydrogen) atoms. The first-order chi connectivity index (χ1) is 9.74. The lowest BCUT2D eigenvalue weighted by atomic mass is 10.1. The van der Waals surface area contributed by atoms with E-state index in [1.165, 1.54) is 36.8 Å².